The fourth-order valence-electron chi connectivity index (χ4n) is 2.94. The number of halogens is 3. The highest BCUT2D eigenvalue weighted by Gasteiger charge is 2.37. The first kappa shape index (κ1) is 14.9. The fraction of sp³-hybridized carbons (Fsp3) is 0.333. The Morgan fingerprint density at radius 1 is 1.05 bits per heavy atom. The quantitative estimate of drug-likeness (QED) is 0.768. The van der Waals surface area contributed by atoms with E-state index in [4.69, 9.17) is 0 Å². The van der Waals surface area contributed by atoms with Crippen LogP contribution < -0.4 is 5.32 Å². The van der Waals surface area contributed by atoms with Gasteiger partial charge in [0.2, 0.25) is 0 Å². The Balaban J connectivity index is 1.88. The molecule has 0 saturated heterocycles. The van der Waals surface area contributed by atoms with Crippen molar-refractivity contribution in [1.29, 1.82) is 0 Å². The average Bonchev–Trinajstić information content (AvgIpc) is 2.90. The molecule has 1 aliphatic rings. The maximum absolute atomic E-state index is 13.1. The minimum atomic E-state index is -4.32. The van der Waals surface area contributed by atoms with Crippen LogP contribution in [0.2, 0.25) is 0 Å². The molecule has 0 amide bonds. The number of para-hydroxylation sites is 1. The highest BCUT2D eigenvalue weighted by molar-refractivity contribution is 5.64. The molecule has 1 N–H and O–H groups in total. The number of alkyl halides is 3. The summed E-state index contributed by atoms with van der Waals surface area (Å²) in [6, 6.07) is 12.4. The van der Waals surface area contributed by atoms with Crippen LogP contribution in [-0.2, 0) is 12.6 Å². The molecule has 0 saturated carbocycles. The Morgan fingerprint density at radius 2 is 1.73 bits per heavy atom. The van der Waals surface area contributed by atoms with Crippen molar-refractivity contribution in [3.8, 4) is 0 Å². The summed E-state index contributed by atoms with van der Waals surface area (Å²) in [7, 11) is 0. The maximum atomic E-state index is 13.1. The zero-order valence-electron chi connectivity index (χ0n) is 12.5. The van der Waals surface area contributed by atoms with Crippen LogP contribution in [0, 0.1) is 0 Å². The summed E-state index contributed by atoms with van der Waals surface area (Å²) in [6.07, 6.45) is -3.74. The number of hydrogen-bond donors (Lipinski definition) is 1. The first-order valence-corrected chi connectivity index (χ1v) is 7.41. The van der Waals surface area contributed by atoms with Crippen LogP contribution in [0.3, 0.4) is 0 Å². The van der Waals surface area contributed by atoms with Crippen molar-refractivity contribution in [2.75, 3.05) is 5.32 Å². The van der Waals surface area contributed by atoms with E-state index in [1.54, 1.807) is 6.07 Å². The molecule has 1 nitrogen and oxygen atoms in total. The van der Waals surface area contributed by atoms with Crippen molar-refractivity contribution in [3.63, 3.8) is 0 Å². The number of nitrogens with one attached hydrogen (secondary N) is 1. The van der Waals surface area contributed by atoms with Crippen molar-refractivity contribution in [2.24, 2.45) is 0 Å². The fourth-order valence-corrected chi connectivity index (χ4v) is 2.94. The van der Waals surface area contributed by atoms with Gasteiger partial charge in [-0.1, -0.05) is 50.2 Å². The molecule has 0 bridgehead atoms. The molecule has 0 radical (unpaired) electrons. The summed E-state index contributed by atoms with van der Waals surface area (Å²) in [5.74, 6) is 0.444. The van der Waals surface area contributed by atoms with Gasteiger partial charge in [0.1, 0.15) is 0 Å². The predicted molar refractivity (Wildman–Crippen MR) is 82.0 cm³/mol. The second-order valence-corrected chi connectivity index (χ2v) is 6.06. The van der Waals surface area contributed by atoms with E-state index in [2.05, 4.69) is 31.3 Å². The van der Waals surface area contributed by atoms with Gasteiger partial charge in [-0.25, -0.2) is 0 Å². The third kappa shape index (κ3) is 2.70. The SMILES string of the molecule is CC(C)c1ccc(C2Cc3cccc(C(F)(F)F)c3N2)cc1. The lowest BCUT2D eigenvalue weighted by Crippen LogP contribution is -2.10. The zero-order valence-corrected chi connectivity index (χ0v) is 12.5. The van der Waals surface area contributed by atoms with Gasteiger partial charge < -0.3 is 5.32 Å². The van der Waals surface area contributed by atoms with Crippen LogP contribution in [-0.4, -0.2) is 0 Å². The normalized spacial score (nSPS) is 17.5. The third-order valence-electron chi connectivity index (χ3n) is 4.20. The monoisotopic (exact) mass is 305 g/mol. The highest BCUT2D eigenvalue weighted by atomic mass is 19.4. The Labute approximate surface area is 128 Å². The molecular formula is C18H18F3N. The molecule has 116 valence electrons. The number of anilines is 1. The van der Waals surface area contributed by atoms with Gasteiger partial charge >= 0.3 is 6.18 Å². The second-order valence-electron chi connectivity index (χ2n) is 6.06. The minimum Gasteiger partial charge on any atom is -0.377 e. The van der Waals surface area contributed by atoms with Crippen molar-refractivity contribution < 1.29 is 13.2 Å². The summed E-state index contributed by atoms with van der Waals surface area (Å²) in [4.78, 5) is 0. The molecule has 2 aromatic rings. The molecule has 0 fully saturated rings. The van der Waals surface area contributed by atoms with E-state index in [1.165, 1.54) is 11.6 Å². The molecule has 1 unspecified atom stereocenters. The number of hydrogen-bond acceptors (Lipinski definition) is 1. The molecule has 2 aromatic carbocycles. The summed E-state index contributed by atoms with van der Waals surface area (Å²) < 4.78 is 39.2. The molecule has 22 heavy (non-hydrogen) atoms. The van der Waals surface area contributed by atoms with Crippen LogP contribution in [0.5, 0.6) is 0 Å². The first-order valence-electron chi connectivity index (χ1n) is 7.41. The Kier molecular flexibility index (Phi) is 3.63. The van der Waals surface area contributed by atoms with Gasteiger partial charge in [0.15, 0.2) is 0 Å². The molecule has 1 heterocycles. The summed E-state index contributed by atoms with van der Waals surface area (Å²) in [5, 5.41) is 3.05. The van der Waals surface area contributed by atoms with Gasteiger partial charge in [-0.15, -0.1) is 0 Å². The van der Waals surface area contributed by atoms with E-state index in [0.29, 0.717) is 12.3 Å². The molecule has 4 heteroatoms. The van der Waals surface area contributed by atoms with E-state index in [-0.39, 0.29) is 11.7 Å². The number of fused-ring (bicyclic) bond motifs is 1. The van der Waals surface area contributed by atoms with Crippen LogP contribution in [0.25, 0.3) is 0 Å². The smallest absolute Gasteiger partial charge is 0.377 e. The lowest BCUT2D eigenvalue weighted by Gasteiger charge is -2.15. The second kappa shape index (κ2) is 5.34. The topological polar surface area (TPSA) is 12.0 Å². The molecular weight excluding hydrogens is 287 g/mol. The van der Waals surface area contributed by atoms with Crippen LogP contribution in [0.4, 0.5) is 18.9 Å². The van der Waals surface area contributed by atoms with E-state index in [9.17, 15) is 13.2 Å². The van der Waals surface area contributed by atoms with Gasteiger partial charge in [0.05, 0.1) is 17.3 Å². The summed E-state index contributed by atoms with van der Waals surface area (Å²) in [6.45, 7) is 4.24. The Hall–Kier alpha value is -1.97. The molecule has 1 aliphatic heterocycles. The predicted octanol–water partition coefficient (Wildman–Crippen LogP) is 5.54. The van der Waals surface area contributed by atoms with E-state index < -0.39 is 11.7 Å². The van der Waals surface area contributed by atoms with Crippen molar-refractivity contribution in [3.05, 3.63) is 64.7 Å². The van der Waals surface area contributed by atoms with E-state index >= 15 is 0 Å². The van der Waals surface area contributed by atoms with Crippen molar-refractivity contribution in [2.45, 2.75) is 38.4 Å². The summed E-state index contributed by atoms with van der Waals surface area (Å²) in [5.41, 5.74) is 2.64. The minimum absolute atomic E-state index is 0.0975. The first-order chi connectivity index (χ1) is 10.4. The maximum Gasteiger partial charge on any atom is 0.418 e. The number of rotatable bonds is 2. The van der Waals surface area contributed by atoms with Gasteiger partial charge in [-0.05, 0) is 35.1 Å². The van der Waals surface area contributed by atoms with Gasteiger partial charge in [0.25, 0.3) is 0 Å². The van der Waals surface area contributed by atoms with Gasteiger partial charge in [0, 0.05) is 0 Å². The highest BCUT2D eigenvalue weighted by Crippen LogP contribution is 2.43. The van der Waals surface area contributed by atoms with Gasteiger partial charge in [-0.2, -0.15) is 13.2 Å². The molecule has 0 spiro atoms. The Morgan fingerprint density at radius 3 is 2.32 bits per heavy atom. The van der Waals surface area contributed by atoms with Crippen LogP contribution in [0.1, 0.15) is 48.1 Å². The lowest BCUT2D eigenvalue weighted by atomic mass is 9.97. The van der Waals surface area contributed by atoms with E-state index in [1.807, 2.05) is 12.1 Å². The zero-order chi connectivity index (χ0) is 15.9. The Bertz CT molecular complexity index is 672. The summed E-state index contributed by atoms with van der Waals surface area (Å²) >= 11 is 0. The average molecular weight is 305 g/mol. The standard InChI is InChI=1S/C18H18F3N/c1-11(2)12-6-8-13(9-7-12)16-10-14-4-3-5-15(17(14)22-16)18(19,20)21/h3-9,11,16,22H,10H2,1-2H3. The molecule has 3 rings (SSSR count). The van der Waals surface area contributed by atoms with Crippen molar-refractivity contribution >= 4 is 5.69 Å². The number of benzene rings is 2. The third-order valence-corrected chi connectivity index (χ3v) is 4.20. The van der Waals surface area contributed by atoms with E-state index in [0.717, 1.165) is 17.2 Å². The van der Waals surface area contributed by atoms with Crippen LogP contribution in [0.15, 0.2) is 42.5 Å². The lowest BCUT2D eigenvalue weighted by molar-refractivity contribution is -0.136. The molecule has 1 atom stereocenters. The van der Waals surface area contributed by atoms with Gasteiger partial charge in [-0.3, -0.25) is 0 Å². The molecule has 0 aliphatic carbocycles. The molecule has 0 aromatic heterocycles. The van der Waals surface area contributed by atoms with Crippen molar-refractivity contribution in [1.82, 2.24) is 0 Å². The van der Waals surface area contributed by atoms with Crippen LogP contribution >= 0.6 is 0 Å². The largest absolute Gasteiger partial charge is 0.418 e.